The molecule has 0 saturated carbocycles. The van der Waals surface area contributed by atoms with Crippen molar-refractivity contribution in [3.63, 3.8) is 0 Å². The molecule has 9 aliphatic rings. The number of rotatable bonds is 6. The summed E-state index contributed by atoms with van der Waals surface area (Å²) in [6.07, 6.45) is 7.36. The van der Waals surface area contributed by atoms with Gasteiger partial charge in [0, 0.05) is 71.3 Å². The third-order valence-corrected chi connectivity index (χ3v) is 16.1. The van der Waals surface area contributed by atoms with Crippen LogP contribution in [0.5, 0.6) is 17.2 Å². The molecule has 2 spiro atoms. The number of hydrogen-bond donors (Lipinski definition) is 3. The molecule has 2 aromatic carbocycles. The first-order valence-electron chi connectivity index (χ1n) is 20.3. The summed E-state index contributed by atoms with van der Waals surface area (Å²) in [4.78, 5) is 32.7. The van der Waals surface area contributed by atoms with Gasteiger partial charge in [-0.1, -0.05) is 32.1 Å². The molecule has 0 unspecified atom stereocenters. The number of carbonyl (C=O) groups excluding carboxylic acids is 2. The number of nitrogens with zero attached hydrogens (tertiary/aromatic N) is 2. The Hall–Kier alpha value is -4.52. The van der Waals surface area contributed by atoms with E-state index in [0.717, 1.165) is 84.1 Å². The standard InChI is InChI=1S/C44H50N4O8/c1-7-41-12-9-15-47-16-13-44(39(41)47)26-18-22-29(19-27(26)45-34(44)23(20-41)37(50)54-5)56-33-31(22)48-17-14-43-25-10-11-28(52-3)32(53-4)30(25)46-35(43)24(38(51)55-6)21-42(8-2,36(33)49)40(43)48/h9-12,18-19,31,33,36,39-40,45-46,49H,7-8,13-17,20-21H2,1-6H3/t31-,33+,36-,39+,40+,41+,42-,43+,44+/m1/s1. The van der Waals surface area contributed by atoms with Gasteiger partial charge in [-0.15, -0.1) is 0 Å². The van der Waals surface area contributed by atoms with Gasteiger partial charge in [0.15, 0.2) is 11.5 Å². The number of carbonyl (C=O) groups is 2. The fourth-order valence-electron chi connectivity index (χ4n) is 14.0. The second-order valence-electron chi connectivity index (χ2n) is 17.5. The minimum atomic E-state index is -0.887. The smallest absolute Gasteiger partial charge is 0.335 e. The van der Waals surface area contributed by atoms with E-state index >= 15 is 0 Å². The summed E-state index contributed by atoms with van der Waals surface area (Å²) < 4.78 is 29.6. The quantitative estimate of drug-likeness (QED) is 0.268. The van der Waals surface area contributed by atoms with Gasteiger partial charge in [0.05, 0.1) is 62.1 Å². The average Bonchev–Trinajstić information content (AvgIpc) is 4.05. The number of benzene rings is 2. The Balaban J connectivity index is 1.11. The lowest BCUT2D eigenvalue weighted by Crippen LogP contribution is -2.69. The number of esters is 2. The molecule has 7 aliphatic heterocycles. The first-order chi connectivity index (χ1) is 27.1. The van der Waals surface area contributed by atoms with Crippen LogP contribution in [0.15, 0.2) is 59.0 Å². The van der Waals surface area contributed by atoms with Crippen molar-refractivity contribution in [2.24, 2.45) is 10.8 Å². The Kier molecular flexibility index (Phi) is 7.02. The molecule has 56 heavy (non-hydrogen) atoms. The Labute approximate surface area is 326 Å². The molecule has 9 atom stereocenters. The fourth-order valence-corrected chi connectivity index (χ4v) is 14.0. The number of aliphatic hydroxyl groups excluding tert-OH is 1. The zero-order valence-electron chi connectivity index (χ0n) is 32.9. The summed E-state index contributed by atoms with van der Waals surface area (Å²) in [6.45, 7) is 6.93. The maximum Gasteiger partial charge on any atom is 0.335 e. The third kappa shape index (κ3) is 3.69. The van der Waals surface area contributed by atoms with E-state index in [-0.39, 0.29) is 29.5 Å². The number of aliphatic hydroxyl groups is 1. The average molecular weight is 763 g/mol. The molecular weight excluding hydrogens is 713 g/mol. The van der Waals surface area contributed by atoms with Crippen LogP contribution >= 0.6 is 0 Å². The molecule has 7 heterocycles. The number of nitrogens with one attached hydrogen (secondary N) is 2. The first-order valence-corrected chi connectivity index (χ1v) is 20.3. The second-order valence-corrected chi connectivity index (χ2v) is 17.5. The summed E-state index contributed by atoms with van der Waals surface area (Å²) in [7, 11) is 6.17. The van der Waals surface area contributed by atoms with Crippen molar-refractivity contribution in [2.45, 2.75) is 93.5 Å². The third-order valence-electron chi connectivity index (χ3n) is 16.1. The van der Waals surface area contributed by atoms with Gasteiger partial charge < -0.3 is 39.4 Å². The SMILES string of the molecule is CC[C@]12C=CCN3CC[C@]4(C(=C(C(=O)OC)C1)Nc1cc5c(cc14)[C@@H]1[C@H](O5)[C@@H](O)[C@@]4(CC)CC(C(=O)OC)=C5Nc6c(ccc(OC)c6OC)[C@@]56CCN1[C@@H]46)[C@@H]32. The van der Waals surface area contributed by atoms with Gasteiger partial charge in [0.25, 0.3) is 0 Å². The molecule has 0 bridgehead atoms. The number of methoxy groups -OCH3 is 4. The van der Waals surface area contributed by atoms with E-state index in [0.29, 0.717) is 36.3 Å². The molecular formula is C44H50N4O8. The Bertz CT molecular complexity index is 2250. The van der Waals surface area contributed by atoms with E-state index in [1.54, 1.807) is 14.2 Å². The van der Waals surface area contributed by atoms with Crippen LogP contribution in [0, 0.1) is 10.8 Å². The maximum absolute atomic E-state index is 13.8. The van der Waals surface area contributed by atoms with Crippen LogP contribution in [0.3, 0.4) is 0 Å². The molecule has 3 N–H and O–H groups in total. The van der Waals surface area contributed by atoms with Gasteiger partial charge in [-0.3, -0.25) is 9.80 Å². The Morgan fingerprint density at radius 1 is 0.893 bits per heavy atom. The summed E-state index contributed by atoms with van der Waals surface area (Å²) >= 11 is 0. The molecule has 2 aliphatic carbocycles. The van der Waals surface area contributed by atoms with Crippen LogP contribution in [-0.4, -0.2) is 99.2 Å². The van der Waals surface area contributed by atoms with Crippen LogP contribution in [0.2, 0.25) is 0 Å². The van der Waals surface area contributed by atoms with Gasteiger partial charge in [0.2, 0.25) is 0 Å². The number of hydrogen-bond acceptors (Lipinski definition) is 12. The Morgan fingerprint density at radius 2 is 1.62 bits per heavy atom. The number of anilines is 2. The topological polar surface area (TPSA) is 131 Å². The number of ether oxygens (including phenoxy) is 5. The van der Waals surface area contributed by atoms with E-state index < -0.39 is 34.4 Å². The largest absolute Gasteiger partial charge is 0.493 e. The van der Waals surface area contributed by atoms with E-state index in [2.05, 4.69) is 64.6 Å². The zero-order chi connectivity index (χ0) is 38.7. The maximum atomic E-state index is 13.8. The predicted molar refractivity (Wildman–Crippen MR) is 207 cm³/mol. The molecule has 3 saturated heterocycles. The highest BCUT2D eigenvalue weighted by molar-refractivity contribution is 5.95. The lowest BCUT2D eigenvalue weighted by molar-refractivity contribution is -0.168. The van der Waals surface area contributed by atoms with Crippen molar-refractivity contribution in [1.82, 2.24) is 9.80 Å². The van der Waals surface area contributed by atoms with Crippen LogP contribution in [0.1, 0.15) is 75.1 Å². The van der Waals surface area contributed by atoms with Crippen molar-refractivity contribution in [3.05, 3.63) is 75.6 Å². The first kappa shape index (κ1) is 34.7. The molecule has 0 amide bonds. The molecule has 11 rings (SSSR count). The van der Waals surface area contributed by atoms with Crippen molar-refractivity contribution < 1.29 is 38.4 Å². The predicted octanol–water partition coefficient (Wildman–Crippen LogP) is 5.08. The van der Waals surface area contributed by atoms with Crippen LogP contribution in [-0.2, 0) is 29.9 Å². The highest BCUT2D eigenvalue weighted by Crippen LogP contribution is 2.71. The van der Waals surface area contributed by atoms with Crippen molar-refractivity contribution >= 4 is 23.3 Å². The van der Waals surface area contributed by atoms with Gasteiger partial charge >= 0.3 is 11.9 Å². The van der Waals surface area contributed by atoms with E-state index in [9.17, 15) is 14.7 Å². The van der Waals surface area contributed by atoms with Crippen LogP contribution in [0.4, 0.5) is 11.4 Å². The van der Waals surface area contributed by atoms with Gasteiger partial charge in [-0.05, 0) is 61.8 Å². The minimum Gasteiger partial charge on any atom is -0.493 e. The van der Waals surface area contributed by atoms with Gasteiger partial charge in [-0.2, -0.15) is 0 Å². The van der Waals surface area contributed by atoms with E-state index in [1.165, 1.54) is 19.8 Å². The van der Waals surface area contributed by atoms with Gasteiger partial charge in [0.1, 0.15) is 18.0 Å². The molecule has 12 nitrogen and oxygen atoms in total. The number of fused-ring (bicyclic) bond motifs is 6. The summed E-state index contributed by atoms with van der Waals surface area (Å²) in [5.41, 5.74) is 6.20. The summed E-state index contributed by atoms with van der Waals surface area (Å²) in [6, 6.07) is 8.34. The van der Waals surface area contributed by atoms with E-state index in [1.807, 2.05) is 6.07 Å². The van der Waals surface area contributed by atoms with Crippen LogP contribution in [0.25, 0.3) is 0 Å². The van der Waals surface area contributed by atoms with Gasteiger partial charge in [-0.25, -0.2) is 9.59 Å². The Morgan fingerprint density at radius 3 is 2.34 bits per heavy atom. The molecule has 0 aromatic heterocycles. The van der Waals surface area contributed by atoms with E-state index in [4.69, 9.17) is 23.7 Å². The fraction of sp³-hybridized carbons (Fsp3) is 0.545. The summed E-state index contributed by atoms with van der Waals surface area (Å²) in [5, 5.41) is 20.4. The molecule has 3 fully saturated rings. The van der Waals surface area contributed by atoms with Crippen molar-refractivity contribution in [1.29, 1.82) is 0 Å². The monoisotopic (exact) mass is 762 g/mol. The molecule has 294 valence electrons. The minimum absolute atomic E-state index is 0.167. The lowest BCUT2D eigenvalue weighted by atomic mass is 9.51. The highest BCUT2D eigenvalue weighted by atomic mass is 16.5. The summed E-state index contributed by atoms with van der Waals surface area (Å²) in [5.74, 6) is 1.28. The molecule has 0 radical (unpaired) electrons. The second kappa shape index (κ2) is 11.3. The van der Waals surface area contributed by atoms with Crippen molar-refractivity contribution in [3.8, 4) is 17.2 Å². The lowest BCUT2D eigenvalue weighted by Gasteiger charge is -2.60. The van der Waals surface area contributed by atoms with Crippen molar-refractivity contribution in [2.75, 3.05) is 58.7 Å². The van der Waals surface area contributed by atoms with Crippen LogP contribution < -0.4 is 24.8 Å². The molecule has 12 heteroatoms. The number of piperidine rings is 1. The normalized spacial score (nSPS) is 37.5. The molecule has 2 aromatic rings. The zero-order valence-corrected chi connectivity index (χ0v) is 32.9. The highest BCUT2D eigenvalue weighted by Gasteiger charge is 2.74.